The van der Waals surface area contributed by atoms with Crippen molar-refractivity contribution < 1.29 is 42.9 Å². The molecule has 10 nitrogen and oxygen atoms in total. The van der Waals surface area contributed by atoms with Gasteiger partial charge in [0, 0.05) is 25.7 Å². The van der Waals surface area contributed by atoms with Crippen molar-refractivity contribution in [1.29, 1.82) is 0 Å². The molecule has 0 aliphatic heterocycles. The summed E-state index contributed by atoms with van der Waals surface area (Å²) in [6, 6.07) is 4.58. The maximum atomic E-state index is 12.5. The normalized spacial score (nSPS) is 12.4. The predicted octanol–water partition coefficient (Wildman–Crippen LogP) is 3.71. The van der Waals surface area contributed by atoms with Crippen LogP contribution in [-0.2, 0) is 35.0 Å². The minimum Gasteiger partial charge on any atom is -0.468 e. The first-order chi connectivity index (χ1) is 16.5. The van der Waals surface area contributed by atoms with Crippen LogP contribution >= 0.6 is 0 Å². The SMILES string of the molecule is CCCC(=O)Oc1ccc(CC(N)(CCOC(=O)OCC(C)C)C(=O)OC)cc1OC(=O)CCC. The Morgan fingerprint density at radius 3 is 2.09 bits per heavy atom. The average Bonchev–Trinajstić information content (AvgIpc) is 2.79. The number of hydrogen-bond donors (Lipinski definition) is 1. The largest absolute Gasteiger partial charge is 0.508 e. The molecule has 1 aromatic rings. The number of methoxy groups -OCH3 is 1. The molecule has 10 heteroatoms. The zero-order valence-electron chi connectivity index (χ0n) is 21.2. The fourth-order valence-electron chi connectivity index (χ4n) is 3.01. The summed E-state index contributed by atoms with van der Waals surface area (Å²) in [4.78, 5) is 48.3. The number of carbonyl (C=O) groups is 4. The predicted molar refractivity (Wildman–Crippen MR) is 127 cm³/mol. The van der Waals surface area contributed by atoms with Crippen molar-refractivity contribution in [2.75, 3.05) is 20.3 Å². The number of hydrogen-bond acceptors (Lipinski definition) is 10. The van der Waals surface area contributed by atoms with E-state index in [0.29, 0.717) is 18.4 Å². The van der Waals surface area contributed by atoms with Crippen molar-refractivity contribution in [2.24, 2.45) is 11.7 Å². The van der Waals surface area contributed by atoms with Gasteiger partial charge in [0.15, 0.2) is 11.5 Å². The van der Waals surface area contributed by atoms with E-state index in [0.717, 1.165) is 0 Å². The highest BCUT2D eigenvalue weighted by Crippen LogP contribution is 2.31. The summed E-state index contributed by atoms with van der Waals surface area (Å²) >= 11 is 0. The number of benzene rings is 1. The van der Waals surface area contributed by atoms with E-state index < -0.39 is 29.6 Å². The van der Waals surface area contributed by atoms with Crippen LogP contribution in [0.5, 0.6) is 11.5 Å². The lowest BCUT2D eigenvalue weighted by molar-refractivity contribution is -0.147. The molecule has 0 radical (unpaired) electrons. The van der Waals surface area contributed by atoms with E-state index in [9.17, 15) is 19.2 Å². The summed E-state index contributed by atoms with van der Waals surface area (Å²) < 4.78 is 25.6. The third-order valence-corrected chi connectivity index (χ3v) is 4.78. The van der Waals surface area contributed by atoms with Gasteiger partial charge < -0.3 is 29.4 Å². The topological polar surface area (TPSA) is 140 Å². The van der Waals surface area contributed by atoms with Gasteiger partial charge in [-0.2, -0.15) is 0 Å². The standard InChI is InChI=1S/C25H37NO9/c1-6-8-21(27)34-19-11-10-18(14-20(19)35-22(28)9-7-2)15-25(26,23(29)31-5)12-13-32-24(30)33-16-17(3)4/h10-11,14,17H,6-9,12-13,15-16,26H2,1-5H3. The Bertz CT molecular complexity index is 868. The number of rotatable bonds is 14. The van der Waals surface area contributed by atoms with E-state index in [-0.39, 0.29) is 56.3 Å². The van der Waals surface area contributed by atoms with Crippen molar-refractivity contribution in [2.45, 2.75) is 71.8 Å². The Kier molecular flexibility index (Phi) is 12.8. The molecule has 0 heterocycles. The van der Waals surface area contributed by atoms with E-state index >= 15 is 0 Å². The van der Waals surface area contributed by atoms with Gasteiger partial charge in [-0.15, -0.1) is 0 Å². The molecule has 0 saturated carbocycles. The first-order valence-electron chi connectivity index (χ1n) is 11.8. The summed E-state index contributed by atoms with van der Waals surface area (Å²) in [6.45, 7) is 7.48. The molecule has 0 fully saturated rings. The van der Waals surface area contributed by atoms with Gasteiger partial charge in [0.1, 0.15) is 5.54 Å². The van der Waals surface area contributed by atoms with Crippen molar-refractivity contribution >= 4 is 24.1 Å². The molecule has 0 aliphatic carbocycles. The fourth-order valence-corrected chi connectivity index (χ4v) is 3.01. The first kappa shape index (κ1) is 29.9. The van der Waals surface area contributed by atoms with Crippen LogP contribution in [0.15, 0.2) is 18.2 Å². The van der Waals surface area contributed by atoms with Crippen LogP contribution < -0.4 is 15.2 Å². The smallest absolute Gasteiger partial charge is 0.468 e. The van der Waals surface area contributed by atoms with Gasteiger partial charge in [0.05, 0.1) is 20.3 Å². The molecular formula is C25H37NO9. The van der Waals surface area contributed by atoms with Crippen molar-refractivity contribution in [3.63, 3.8) is 0 Å². The van der Waals surface area contributed by atoms with Crippen LogP contribution in [0.2, 0.25) is 0 Å². The molecule has 0 aromatic heterocycles. The molecule has 1 rings (SSSR count). The highest BCUT2D eigenvalue weighted by Gasteiger charge is 2.36. The number of carbonyl (C=O) groups excluding carboxylic acids is 4. The van der Waals surface area contributed by atoms with E-state index in [1.165, 1.54) is 19.2 Å². The zero-order chi connectivity index (χ0) is 26.4. The lowest BCUT2D eigenvalue weighted by Crippen LogP contribution is -2.51. The van der Waals surface area contributed by atoms with Crippen LogP contribution in [0.25, 0.3) is 0 Å². The summed E-state index contributed by atoms with van der Waals surface area (Å²) in [6.07, 6.45) is 0.647. The molecule has 0 amide bonds. The lowest BCUT2D eigenvalue weighted by atomic mass is 9.88. The maximum Gasteiger partial charge on any atom is 0.508 e. The molecule has 1 unspecified atom stereocenters. The van der Waals surface area contributed by atoms with Crippen molar-refractivity contribution in [3.8, 4) is 11.5 Å². The molecule has 2 N–H and O–H groups in total. The fraction of sp³-hybridized carbons (Fsp3) is 0.600. The lowest BCUT2D eigenvalue weighted by Gasteiger charge is -2.26. The molecule has 35 heavy (non-hydrogen) atoms. The summed E-state index contributed by atoms with van der Waals surface area (Å²) in [5.41, 5.74) is 5.33. The molecule has 196 valence electrons. The second-order valence-electron chi connectivity index (χ2n) is 8.61. The first-order valence-corrected chi connectivity index (χ1v) is 11.8. The molecule has 0 aliphatic rings. The van der Waals surface area contributed by atoms with Crippen molar-refractivity contribution in [1.82, 2.24) is 0 Å². The molecule has 1 aromatic carbocycles. The Balaban J connectivity index is 3.06. The zero-order valence-corrected chi connectivity index (χ0v) is 21.2. The van der Waals surface area contributed by atoms with Gasteiger partial charge in [0.25, 0.3) is 0 Å². The second-order valence-corrected chi connectivity index (χ2v) is 8.61. The molecular weight excluding hydrogens is 458 g/mol. The quantitative estimate of drug-likeness (QED) is 0.300. The van der Waals surface area contributed by atoms with E-state index in [1.54, 1.807) is 6.07 Å². The van der Waals surface area contributed by atoms with Gasteiger partial charge in [-0.3, -0.25) is 14.4 Å². The van der Waals surface area contributed by atoms with E-state index in [2.05, 4.69) is 0 Å². The minimum absolute atomic E-state index is 0.0222. The van der Waals surface area contributed by atoms with Gasteiger partial charge in [-0.1, -0.05) is 33.8 Å². The highest BCUT2D eigenvalue weighted by molar-refractivity contribution is 5.81. The minimum atomic E-state index is -1.54. The van der Waals surface area contributed by atoms with Crippen LogP contribution in [0.1, 0.15) is 65.4 Å². The van der Waals surface area contributed by atoms with E-state index in [4.69, 9.17) is 29.4 Å². The Morgan fingerprint density at radius 1 is 0.943 bits per heavy atom. The third kappa shape index (κ3) is 10.8. The Labute approximate surface area is 206 Å². The summed E-state index contributed by atoms with van der Waals surface area (Å²) in [7, 11) is 1.20. The number of esters is 3. The van der Waals surface area contributed by atoms with Crippen molar-refractivity contribution in [3.05, 3.63) is 23.8 Å². The summed E-state index contributed by atoms with van der Waals surface area (Å²) in [5, 5.41) is 0. The second kappa shape index (κ2) is 15.0. The molecule has 0 bridgehead atoms. The highest BCUT2D eigenvalue weighted by atomic mass is 16.7. The summed E-state index contributed by atoms with van der Waals surface area (Å²) in [5.74, 6) is -1.37. The molecule has 0 saturated heterocycles. The molecule has 1 atom stereocenters. The van der Waals surface area contributed by atoms with Gasteiger partial charge >= 0.3 is 24.1 Å². The van der Waals surface area contributed by atoms with Gasteiger partial charge in [-0.25, -0.2) is 4.79 Å². The Hall–Kier alpha value is -3.14. The van der Waals surface area contributed by atoms with E-state index in [1.807, 2.05) is 27.7 Å². The monoisotopic (exact) mass is 495 g/mol. The van der Waals surface area contributed by atoms with Crippen LogP contribution in [0.3, 0.4) is 0 Å². The van der Waals surface area contributed by atoms with Crippen LogP contribution in [0, 0.1) is 5.92 Å². The average molecular weight is 496 g/mol. The van der Waals surface area contributed by atoms with Crippen LogP contribution in [0.4, 0.5) is 4.79 Å². The van der Waals surface area contributed by atoms with Crippen LogP contribution in [-0.4, -0.2) is 49.9 Å². The number of nitrogens with two attached hydrogens (primary N) is 1. The number of ether oxygens (including phenoxy) is 5. The third-order valence-electron chi connectivity index (χ3n) is 4.78. The van der Waals surface area contributed by atoms with Gasteiger partial charge in [0.2, 0.25) is 0 Å². The maximum absolute atomic E-state index is 12.5. The van der Waals surface area contributed by atoms with Gasteiger partial charge in [-0.05, 0) is 36.5 Å². The Morgan fingerprint density at radius 2 is 1.54 bits per heavy atom. The molecule has 0 spiro atoms.